The van der Waals surface area contributed by atoms with Crippen LogP contribution in [0.4, 0.5) is 4.39 Å². The van der Waals surface area contributed by atoms with Gasteiger partial charge < -0.3 is 14.2 Å². The number of benzene rings is 1. The van der Waals surface area contributed by atoms with Crippen molar-refractivity contribution >= 4 is 11.8 Å². The summed E-state index contributed by atoms with van der Waals surface area (Å²) in [5.41, 5.74) is -0.0202. The molecular weight excluding hydrogens is 267 g/mol. The summed E-state index contributed by atoms with van der Waals surface area (Å²) in [6.07, 6.45) is -2.36. The van der Waals surface area contributed by atoms with Gasteiger partial charge in [0.2, 0.25) is 5.78 Å². The summed E-state index contributed by atoms with van der Waals surface area (Å²) in [4.78, 5) is 23.0. The fourth-order valence-corrected chi connectivity index (χ4v) is 1.58. The van der Waals surface area contributed by atoms with Crippen LogP contribution in [0, 0.1) is 0 Å². The van der Waals surface area contributed by atoms with Gasteiger partial charge in [0.1, 0.15) is 11.5 Å². The van der Waals surface area contributed by atoms with Gasteiger partial charge in [-0.15, -0.1) is 0 Å². The second kappa shape index (κ2) is 7.47. The molecule has 1 unspecified atom stereocenters. The number of methoxy groups -OCH3 is 1. The monoisotopic (exact) mass is 284 g/mol. The van der Waals surface area contributed by atoms with Crippen LogP contribution in [-0.4, -0.2) is 38.2 Å². The molecule has 1 rings (SSSR count). The van der Waals surface area contributed by atoms with E-state index in [1.807, 2.05) is 6.92 Å². The molecule has 0 aliphatic heterocycles. The number of ketones is 1. The number of esters is 1. The third-order valence-electron chi connectivity index (χ3n) is 2.47. The summed E-state index contributed by atoms with van der Waals surface area (Å²) < 4.78 is 28.4. The Morgan fingerprint density at radius 2 is 1.85 bits per heavy atom. The normalized spacial score (nSPS) is 11.6. The van der Waals surface area contributed by atoms with E-state index in [4.69, 9.17) is 9.47 Å². The van der Waals surface area contributed by atoms with Crippen LogP contribution in [0.3, 0.4) is 0 Å². The molecule has 0 amide bonds. The molecule has 5 nitrogen and oxygen atoms in total. The number of hydrogen-bond donors (Lipinski definition) is 0. The Labute approximate surface area is 116 Å². The topological polar surface area (TPSA) is 61.8 Å². The average Bonchev–Trinajstić information content (AvgIpc) is 2.46. The van der Waals surface area contributed by atoms with Crippen LogP contribution < -0.4 is 9.47 Å². The number of ether oxygens (including phenoxy) is 3. The van der Waals surface area contributed by atoms with Crippen LogP contribution in [0.25, 0.3) is 0 Å². The molecule has 0 aliphatic rings. The van der Waals surface area contributed by atoms with Gasteiger partial charge in [0.25, 0.3) is 6.17 Å². The Morgan fingerprint density at radius 1 is 1.20 bits per heavy atom. The largest absolute Gasteiger partial charge is 0.494 e. The Morgan fingerprint density at radius 3 is 2.40 bits per heavy atom. The highest BCUT2D eigenvalue weighted by Crippen LogP contribution is 2.27. The highest BCUT2D eigenvalue weighted by atomic mass is 19.1. The van der Waals surface area contributed by atoms with E-state index in [0.29, 0.717) is 19.0 Å². The number of carbonyl (C=O) groups is 2. The van der Waals surface area contributed by atoms with E-state index in [0.717, 1.165) is 7.11 Å². The van der Waals surface area contributed by atoms with E-state index in [1.165, 1.54) is 18.2 Å². The summed E-state index contributed by atoms with van der Waals surface area (Å²) in [5, 5.41) is 0. The molecule has 0 radical (unpaired) electrons. The predicted octanol–water partition coefficient (Wildman–Crippen LogP) is 2.18. The van der Waals surface area contributed by atoms with Crippen molar-refractivity contribution in [3.8, 4) is 11.5 Å². The third-order valence-corrected chi connectivity index (χ3v) is 2.47. The van der Waals surface area contributed by atoms with Crippen molar-refractivity contribution < 1.29 is 28.2 Å². The highest BCUT2D eigenvalue weighted by molar-refractivity contribution is 6.12. The molecule has 110 valence electrons. The van der Waals surface area contributed by atoms with Crippen molar-refractivity contribution in [3.63, 3.8) is 0 Å². The molecule has 1 aromatic carbocycles. The van der Waals surface area contributed by atoms with Crippen molar-refractivity contribution in [2.75, 3.05) is 20.3 Å². The van der Waals surface area contributed by atoms with Crippen molar-refractivity contribution in [1.29, 1.82) is 0 Å². The molecule has 0 fully saturated rings. The molecule has 0 heterocycles. The first-order chi connectivity index (χ1) is 9.54. The lowest BCUT2D eigenvalue weighted by molar-refractivity contribution is -0.144. The Bertz CT molecular complexity index is 486. The zero-order valence-electron chi connectivity index (χ0n) is 11.6. The van der Waals surface area contributed by atoms with Gasteiger partial charge in [0.15, 0.2) is 0 Å². The number of alkyl halides is 1. The number of hydrogen-bond acceptors (Lipinski definition) is 5. The second-order valence-corrected chi connectivity index (χ2v) is 3.77. The van der Waals surface area contributed by atoms with Gasteiger partial charge in [0, 0.05) is 6.07 Å². The SMILES string of the molecule is CCOc1ccc(C(=O)C(F)C(=O)OC)c(OCC)c1. The lowest BCUT2D eigenvalue weighted by Gasteiger charge is -2.13. The molecule has 1 aromatic rings. The molecule has 0 aliphatic carbocycles. The van der Waals surface area contributed by atoms with Crippen LogP contribution in [0.1, 0.15) is 24.2 Å². The zero-order valence-corrected chi connectivity index (χ0v) is 11.6. The summed E-state index contributed by atoms with van der Waals surface area (Å²) >= 11 is 0. The first-order valence-corrected chi connectivity index (χ1v) is 6.20. The molecule has 1 atom stereocenters. The minimum atomic E-state index is -2.36. The Hall–Kier alpha value is -2.11. The smallest absolute Gasteiger partial charge is 0.348 e. The summed E-state index contributed by atoms with van der Waals surface area (Å²) in [6.45, 7) is 4.29. The van der Waals surface area contributed by atoms with Crippen molar-refractivity contribution in [2.45, 2.75) is 20.0 Å². The van der Waals surface area contributed by atoms with Crippen LogP contribution >= 0.6 is 0 Å². The maximum absolute atomic E-state index is 13.6. The Kier molecular flexibility index (Phi) is 5.96. The van der Waals surface area contributed by atoms with Gasteiger partial charge in [-0.1, -0.05) is 0 Å². The minimum absolute atomic E-state index is 0.0202. The molecular formula is C14H17FO5. The minimum Gasteiger partial charge on any atom is -0.494 e. The Balaban J connectivity index is 3.09. The standard InChI is InChI=1S/C14H17FO5/c1-4-19-9-6-7-10(11(8-9)20-5-2)13(16)12(15)14(17)18-3/h6-8,12H,4-5H2,1-3H3. The quantitative estimate of drug-likeness (QED) is 0.436. The molecule has 0 aromatic heterocycles. The average molecular weight is 284 g/mol. The van der Waals surface area contributed by atoms with E-state index >= 15 is 0 Å². The third kappa shape index (κ3) is 3.69. The maximum atomic E-state index is 13.6. The van der Waals surface area contributed by atoms with Crippen LogP contribution in [0.5, 0.6) is 11.5 Å². The van der Waals surface area contributed by atoms with Crippen molar-refractivity contribution in [1.82, 2.24) is 0 Å². The second-order valence-electron chi connectivity index (χ2n) is 3.77. The van der Waals surface area contributed by atoms with Gasteiger partial charge >= 0.3 is 5.97 Å². The van der Waals surface area contributed by atoms with E-state index in [1.54, 1.807) is 6.92 Å². The fraction of sp³-hybridized carbons (Fsp3) is 0.429. The number of Topliss-reactive ketones (excluding diaryl/α,β-unsaturated/α-hetero) is 1. The lowest BCUT2D eigenvalue weighted by atomic mass is 10.1. The molecule has 0 saturated carbocycles. The van der Waals surface area contributed by atoms with Gasteiger partial charge in [-0.2, -0.15) is 0 Å². The number of halogens is 1. The summed E-state index contributed by atoms with van der Waals surface area (Å²) in [7, 11) is 1.02. The van der Waals surface area contributed by atoms with Gasteiger partial charge in [-0.05, 0) is 26.0 Å². The molecule has 6 heteroatoms. The van der Waals surface area contributed by atoms with Crippen LogP contribution in [-0.2, 0) is 9.53 Å². The fourth-order valence-electron chi connectivity index (χ4n) is 1.58. The lowest BCUT2D eigenvalue weighted by Crippen LogP contribution is -2.27. The van der Waals surface area contributed by atoms with E-state index in [-0.39, 0.29) is 11.3 Å². The van der Waals surface area contributed by atoms with Crippen LogP contribution in [0.2, 0.25) is 0 Å². The molecule has 0 saturated heterocycles. The molecule has 20 heavy (non-hydrogen) atoms. The van der Waals surface area contributed by atoms with E-state index in [9.17, 15) is 14.0 Å². The van der Waals surface area contributed by atoms with Crippen molar-refractivity contribution in [2.24, 2.45) is 0 Å². The first kappa shape index (κ1) is 15.9. The first-order valence-electron chi connectivity index (χ1n) is 6.20. The van der Waals surface area contributed by atoms with Crippen LogP contribution in [0.15, 0.2) is 18.2 Å². The summed E-state index contributed by atoms with van der Waals surface area (Å²) in [5.74, 6) is -1.55. The number of carbonyl (C=O) groups excluding carboxylic acids is 2. The van der Waals surface area contributed by atoms with Crippen molar-refractivity contribution in [3.05, 3.63) is 23.8 Å². The molecule has 0 bridgehead atoms. The van der Waals surface area contributed by atoms with Gasteiger partial charge in [-0.3, -0.25) is 4.79 Å². The van der Waals surface area contributed by atoms with Gasteiger partial charge in [0.05, 0.1) is 25.9 Å². The highest BCUT2D eigenvalue weighted by Gasteiger charge is 2.30. The van der Waals surface area contributed by atoms with Gasteiger partial charge in [-0.25, -0.2) is 9.18 Å². The molecule has 0 N–H and O–H groups in total. The maximum Gasteiger partial charge on any atom is 0.348 e. The number of rotatable bonds is 7. The van der Waals surface area contributed by atoms with E-state index in [2.05, 4.69) is 4.74 Å². The van der Waals surface area contributed by atoms with E-state index < -0.39 is 17.9 Å². The molecule has 0 spiro atoms. The summed E-state index contributed by atoms with van der Waals surface area (Å²) in [6, 6.07) is 4.38. The predicted molar refractivity (Wildman–Crippen MR) is 70.0 cm³/mol. The zero-order chi connectivity index (χ0) is 15.1.